The highest BCUT2D eigenvalue weighted by molar-refractivity contribution is 9.09. The second-order valence-electron chi connectivity index (χ2n) is 2.94. The normalized spacial score (nSPS) is 10.1. The van der Waals surface area contributed by atoms with Crippen molar-refractivity contribution in [2.45, 2.75) is 26.3 Å². The number of halogens is 1. The molecule has 4 heteroatoms. The number of thiophene rings is 1. The molecule has 0 aliphatic rings. The molecule has 1 N–H and O–H groups in total. The van der Waals surface area contributed by atoms with Gasteiger partial charge in [0.1, 0.15) is 0 Å². The highest BCUT2D eigenvalue weighted by Gasteiger charge is 2.01. The molecule has 0 saturated carbocycles. The lowest BCUT2D eigenvalue weighted by Crippen LogP contribution is -2.22. The van der Waals surface area contributed by atoms with Crippen LogP contribution in [0.5, 0.6) is 0 Å². The minimum atomic E-state index is 0.105. The molecule has 78 valence electrons. The summed E-state index contributed by atoms with van der Waals surface area (Å²) >= 11 is 5.00. The molecule has 0 saturated heterocycles. The van der Waals surface area contributed by atoms with Gasteiger partial charge in [-0.1, -0.05) is 22.9 Å². The Morgan fingerprint density at radius 1 is 1.50 bits per heavy atom. The molecule has 0 fully saturated rings. The Kier molecular flexibility index (Phi) is 5.19. The molecule has 1 aromatic rings. The Morgan fingerprint density at radius 2 is 2.21 bits per heavy atom. The molecule has 1 aromatic heterocycles. The lowest BCUT2D eigenvalue weighted by molar-refractivity contribution is -0.120. The number of amides is 1. The van der Waals surface area contributed by atoms with Crippen LogP contribution in [0.4, 0.5) is 0 Å². The fourth-order valence-electron chi connectivity index (χ4n) is 1.07. The van der Waals surface area contributed by atoms with Crippen molar-refractivity contribution < 1.29 is 4.79 Å². The molecule has 1 heterocycles. The summed E-state index contributed by atoms with van der Waals surface area (Å²) in [6.45, 7) is 2.80. The Morgan fingerprint density at radius 3 is 2.79 bits per heavy atom. The number of hydrogen-bond donors (Lipinski definition) is 1. The van der Waals surface area contributed by atoms with Crippen molar-refractivity contribution in [1.29, 1.82) is 0 Å². The third kappa shape index (κ3) is 3.80. The van der Waals surface area contributed by atoms with Crippen LogP contribution in [0.2, 0.25) is 0 Å². The molecule has 1 rings (SSSR count). The molecule has 2 nitrogen and oxygen atoms in total. The second-order valence-corrected chi connectivity index (χ2v) is 4.98. The Hall–Kier alpha value is -0.350. The number of hydrogen-bond acceptors (Lipinski definition) is 2. The van der Waals surface area contributed by atoms with Crippen LogP contribution in [-0.2, 0) is 17.8 Å². The minimum Gasteiger partial charge on any atom is -0.351 e. The van der Waals surface area contributed by atoms with Gasteiger partial charge < -0.3 is 5.32 Å². The number of carbonyl (C=O) groups excluding carboxylic acids is 1. The predicted molar refractivity (Wildman–Crippen MR) is 64.0 cm³/mol. The molecule has 0 aliphatic heterocycles. The zero-order chi connectivity index (χ0) is 10.4. The van der Waals surface area contributed by atoms with Crippen LogP contribution < -0.4 is 5.32 Å². The van der Waals surface area contributed by atoms with E-state index >= 15 is 0 Å². The lowest BCUT2D eigenvalue weighted by atomic mass is 10.3. The Bertz CT molecular complexity index is 298. The average molecular weight is 276 g/mol. The molecule has 0 spiro atoms. The van der Waals surface area contributed by atoms with Crippen LogP contribution >= 0.6 is 27.3 Å². The summed E-state index contributed by atoms with van der Waals surface area (Å²) in [4.78, 5) is 13.8. The van der Waals surface area contributed by atoms with E-state index in [0.29, 0.717) is 13.0 Å². The number of rotatable bonds is 5. The van der Waals surface area contributed by atoms with Crippen molar-refractivity contribution in [3.8, 4) is 0 Å². The van der Waals surface area contributed by atoms with E-state index in [2.05, 4.69) is 40.3 Å². The van der Waals surface area contributed by atoms with Gasteiger partial charge in [0, 0.05) is 21.5 Å². The number of aryl methyl sites for hydroxylation is 1. The summed E-state index contributed by atoms with van der Waals surface area (Å²) in [6, 6.07) is 4.20. The van der Waals surface area contributed by atoms with Gasteiger partial charge in [-0.2, -0.15) is 0 Å². The third-order valence-corrected chi connectivity index (χ3v) is 3.47. The summed E-state index contributed by atoms with van der Waals surface area (Å²) in [5, 5.41) is 3.60. The zero-order valence-corrected chi connectivity index (χ0v) is 10.6. The largest absolute Gasteiger partial charge is 0.351 e. The first-order chi connectivity index (χ1) is 6.76. The predicted octanol–water partition coefficient (Wildman–Crippen LogP) is 2.71. The molecule has 0 aliphatic carbocycles. The van der Waals surface area contributed by atoms with Gasteiger partial charge in [-0.25, -0.2) is 0 Å². The van der Waals surface area contributed by atoms with E-state index in [4.69, 9.17) is 0 Å². The molecule has 14 heavy (non-hydrogen) atoms. The summed E-state index contributed by atoms with van der Waals surface area (Å²) in [6.07, 6.45) is 1.62. The number of alkyl halides is 1. The molecular weight excluding hydrogens is 262 g/mol. The molecule has 0 radical (unpaired) electrons. The Balaban J connectivity index is 2.34. The first kappa shape index (κ1) is 11.7. The van der Waals surface area contributed by atoms with Crippen LogP contribution in [0.25, 0.3) is 0 Å². The average Bonchev–Trinajstić information content (AvgIpc) is 2.63. The van der Waals surface area contributed by atoms with Crippen molar-refractivity contribution in [2.75, 3.05) is 5.33 Å². The SMILES string of the molecule is CCc1ccc(CNC(=O)CCBr)s1. The van der Waals surface area contributed by atoms with Gasteiger partial charge in [0.2, 0.25) is 5.91 Å². The minimum absolute atomic E-state index is 0.105. The van der Waals surface area contributed by atoms with Gasteiger partial charge in [-0.15, -0.1) is 11.3 Å². The van der Waals surface area contributed by atoms with E-state index in [1.165, 1.54) is 9.75 Å². The molecule has 0 unspecified atom stereocenters. The quantitative estimate of drug-likeness (QED) is 0.823. The zero-order valence-electron chi connectivity index (χ0n) is 8.18. The lowest BCUT2D eigenvalue weighted by Gasteiger charge is -2.00. The van der Waals surface area contributed by atoms with Crippen molar-refractivity contribution in [3.63, 3.8) is 0 Å². The van der Waals surface area contributed by atoms with Crippen LogP contribution in [0.3, 0.4) is 0 Å². The van der Waals surface area contributed by atoms with Crippen LogP contribution in [0, 0.1) is 0 Å². The van der Waals surface area contributed by atoms with Gasteiger partial charge >= 0.3 is 0 Å². The summed E-state index contributed by atoms with van der Waals surface area (Å²) in [5.41, 5.74) is 0. The van der Waals surface area contributed by atoms with Crippen LogP contribution in [0.15, 0.2) is 12.1 Å². The van der Waals surface area contributed by atoms with Gasteiger partial charge in [0.15, 0.2) is 0 Å². The monoisotopic (exact) mass is 275 g/mol. The first-order valence-corrected chi connectivity index (χ1v) is 6.60. The summed E-state index contributed by atoms with van der Waals surface area (Å²) < 4.78 is 0. The molecular formula is C10H14BrNOS. The highest BCUT2D eigenvalue weighted by Crippen LogP contribution is 2.16. The van der Waals surface area contributed by atoms with Crippen molar-refractivity contribution >= 4 is 33.2 Å². The van der Waals surface area contributed by atoms with Crippen LogP contribution in [0.1, 0.15) is 23.1 Å². The van der Waals surface area contributed by atoms with E-state index in [-0.39, 0.29) is 5.91 Å². The maximum atomic E-state index is 11.2. The number of nitrogens with one attached hydrogen (secondary N) is 1. The van der Waals surface area contributed by atoms with Crippen molar-refractivity contribution in [2.24, 2.45) is 0 Å². The van der Waals surface area contributed by atoms with Gasteiger partial charge in [0.25, 0.3) is 0 Å². The van der Waals surface area contributed by atoms with Gasteiger partial charge in [-0.3, -0.25) is 4.79 Å². The number of carbonyl (C=O) groups is 1. The van der Waals surface area contributed by atoms with E-state index in [0.717, 1.165) is 11.8 Å². The maximum Gasteiger partial charge on any atom is 0.221 e. The fraction of sp³-hybridized carbons (Fsp3) is 0.500. The van der Waals surface area contributed by atoms with E-state index in [1.807, 2.05) is 0 Å². The van der Waals surface area contributed by atoms with E-state index in [1.54, 1.807) is 11.3 Å². The van der Waals surface area contributed by atoms with Gasteiger partial charge in [-0.05, 0) is 18.6 Å². The van der Waals surface area contributed by atoms with E-state index in [9.17, 15) is 4.79 Å². The maximum absolute atomic E-state index is 11.2. The molecule has 1 amide bonds. The van der Waals surface area contributed by atoms with Gasteiger partial charge in [0.05, 0.1) is 6.54 Å². The molecule has 0 bridgehead atoms. The first-order valence-electron chi connectivity index (χ1n) is 4.66. The second kappa shape index (κ2) is 6.19. The van der Waals surface area contributed by atoms with Crippen molar-refractivity contribution in [1.82, 2.24) is 5.32 Å². The fourth-order valence-corrected chi connectivity index (χ4v) is 2.32. The molecule has 0 atom stereocenters. The third-order valence-electron chi connectivity index (χ3n) is 1.85. The standard InChI is InChI=1S/C10H14BrNOS/c1-2-8-3-4-9(14-8)7-12-10(13)5-6-11/h3-4H,2,5-7H2,1H3,(H,12,13). The Labute approximate surface area is 96.8 Å². The molecule has 0 aromatic carbocycles. The van der Waals surface area contributed by atoms with E-state index < -0.39 is 0 Å². The van der Waals surface area contributed by atoms with Crippen LogP contribution in [-0.4, -0.2) is 11.2 Å². The smallest absolute Gasteiger partial charge is 0.221 e. The summed E-state index contributed by atoms with van der Waals surface area (Å²) in [7, 11) is 0. The highest BCUT2D eigenvalue weighted by atomic mass is 79.9. The summed E-state index contributed by atoms with van der Waals surface area (Å²) in [5.74, 6) is 0.105. The van der Waals surface area contributed by atoms with Crippen molar-refractivity contribution in [3.05, 3.63) is 21.9 Å². The topological polar surface area (TPSA) is 29.1 Å².